The molecule has 70 valence electrons. The van der Waals surface area contributed by atoms with E-state index in [9.17, 15) is 13.6 Å². The van der Waals surface area contributed by atoms with Crippen molar-refractivity contribution >= 4 is 44.8 Å². The minimum absolute atomic E-state index is 0.157. The van der Waals surface area contributed by atoms with Gasteiger partial charge in [-0.2, -0.15) is 0 Å². The van der Waals surface area contributed by atoms with Crippen LogP contribution in [0.2, 0.25) is 0 Å². The summed E-state index contributed by atoms with van der Waals surface area (Å²) in [7, 11) is 0. The molecule has 13 heavy (non-hydrogen) atoms. The van der Waals surface area contributed by atoms with Gasteiger partial charge < -0.3 is 0 Å². The number of alkyl halides is 2. The van der Waals surface area contributed by atoms with Gasteiger partial charge in [0.05, 0.1) is 5.56 Å². The first-order valence-electron chi connectivity index (χ1n) is 3.15. The Morgan fingerprint density at radius 3 is 2.62 bits per heavy atom. The third kappa shape index (κ3) is 2.43. The Balaban J connectivity index is 3.28. The number of hydrogen-bond acceptors (Lipinski definition) is 2. The third-order valence-corrected chi connectivity index (χ3v) is 2.82. The van der Waals surface area contributed by atoms with E-state index in [1.54, 1.807) is 0 Å². The molecule has 1 aromatic rings. The van der Waals surface area contributed by atoms with Gasteiger partial charge in [-0.15, -0.1) is 0 Å². The first-order valence-corrected chi connectivity index (χ1v) is 5.02. The molecule has 1 aromatic heterocycles. The van der Waals surface area contributed by atoms with E-state index in [1.807, 2.05) is 22.6 Å². The van der Waals surface area contributed by atoms with Crippen LogP contribution in [0, 0.1) is 3.57 Å². The quantitative estimate of drug-likeness (QED) is 0.460. The number of carbonyl (C=O) groups is 1. The molecule has 0 N–H and O–H groups in total. The Kier molecular flexibility index (Phi) is 3.72. The van der Waals surface area contributed by atoms with Crippen molar-refractivity contribution in [3.05, 3.63) is 25.5 Å². The number of hydrogen-bond donors (Lipinski definition) is 0. The normalized spacial score (nSPS) is 10.5. The van der Waals surface area contributed by atoms with Crippen molar-refractivity contribution in [2.24, 2.45) is 0 Å². The monoisotopic (exact) mass is 361 g/mol. The second-order valence-corrected chi connectivity index (χ2v) is 4.07. The molecule has 0 saturated carbocycles. The van der Waals surface area contributed by atoms with Gasteiger partial charge >= 0.3 is 0 Å². The van der Waals surface area contributed by atoms with Crippen LogP contribution in [0.1, 0.15) is 22.5 Å². The molecule has 1 rings (SSSR count). The van der Waals surface area contributed by atoms with Crippen molar-refractivity contribution in [3.8, 4) is 0 Å². The van der Waals surface area contributed by atoms with Crippen LogP contribution < -0.4 is 0 Å². The number of aromatic nitrogens is 1. The zero-order valence-electron chi connectivity index (χ0n) is 6.10. The summed E-state index contributed by atoms with van der Waals surface area (Å²) in [5.41, 5.74) is -0.0353. The van der Waals surface area contributed by atoms with Crippen LogP contribution in [0.4, 0.5) is 8.78 Å². The van der Waals surface area contributed by atoms with Gasteiger partial charge in [0.2, 0.25) is 0 Å². The Bertz CT molecular complexity index is 322. The van der Waals surface area contributed by atoms with Gasteiger partial charge in [0.25, 0.3) is 6.43 Å². The highest BCUT2D eigenvalue weighted by molar-refractivity contribution is 14.1. The average molecular weight is 362 g/mol. The van der Waals surface area contributed by atoms with Crippen molar-refractivity contribution in [2.75, 3.05) is 0 Å². The standard InChI is InChI=1S/C7H3BrF2INO/c8-6-3(2-13)4(11)1-5(12-6)7(9)10/h1-2,7H. The van der Waals surface area contributed by atoms with E-state index in [2.05, 4.69) is 20.9 Å². The molecule has 0 unspecified atom stereocenters. The number of carbonyl (C=O) groups excluding carboxylic acids is 1. The largest absolute Gasteiger partial charge is 0.298 e. The second kappa shape index (κ2) is 4.41. The van der Waals surface area contributed by atoms with E-state index in [4.69, 9.17) is 0 Å². The summed E-state index contributed by atoms with van der Waals surface area (Å²) >= 11 is 4.76. The molecule has 0 aliphatic rings. The van der Waals surface area contributed by atoms with Gasteiger partial charge in [0.1, 0.15) is 10.3 Å². The first kappa shape index (κ1) is 11.0. The fourth-order valence-electron chi connectivity index (χ4n) is 0.729. The molecule has 0 atom stereocenters. The summed E-state index contributed by atoms with van der Waals surface area (Å²) < 4.78 is 25.0. The molecule has 0 aliphatic heterocycles. The lowest BCUT2D eigenvalue weighted by Crippen LogP contribution is -1.97. The molecule has 0 aromatic carbocycles. The lowest BCUT2D eigenvalue weighted by atomic mass is 10.3. The average Bonchev–Trinajstić information content (AvgIpc) is 2.03. The van der Waals surface area contributed by atoms with Crippen LogP contribution >= 0.6 is 38.5 Å². The molecular weight excluding hydrogens is 359 g/mol. The summed E-state index contributed by atoms with van der Waals surface area (Å²) in [6.45, 7) is 0. The predicted molar refractivity (Wildman–Crippen MR) is 55.0 cm³/mol. The molecule has 0 saturated heterocycles. The third-order valence-electron chi connectivity index (χ3n) is 1.32. The van der Waals surface area contributed by atoms with Gasteiger partial charge in [-0.25, -0.2) is 13.8 Å². The molecule has 0 spiro atoms. The molecule has 0 bridgehead atoms. The highest BCUT2D eigenvalue weighted by atomic mass is 127. The van der Waals surface area contributed by atoms with Crippen molar-refractivity contribution in [1.82, 2.24) is 4.98 Å². The number of pyridine rings is 1. The van der Waals surface area contributed by atoms with Gasteiger partial charge in [0.15, 0.2) is 6.29 Å². The lowest BCUT2D eigenvalue weighted by Gasteiger charge is -2.03. The Morgan fingerprint density at radius 2 is 2.23 bits per heavy atom. The van der Waals surface area contributed by atoms with Crippen LogP contribution in [0.3, 0.4) is 0 Å². The molecule has 0 radical (unpaired) electrons. The number of aldehydes is 1. The summed E-state index contributed by atoms with van der Waals surface area (Å²) in [5, 5.41) is 0. The first-order chi connectivity index (χ1) is 6.06. The summed E-state index contributed by atoms with van der Waals surface area (Å²) in [4.78, 5) is 14.0. The van der Waals surface area contributed by atoms with Crippen molar-refractivity contribution in [2.45, 2.75) is 6.43 Å². The number of nitrogens with zero attached hydrogens (tertiary/aromatic N) is 1. The Hall–Kier alpha value is -0.110. The predicted octanol–water partition coefficient (Wildman–Crippen LogP) is 3.20. The van der Waals surface area contributed by atoms with Gasteiger partial charge in [0, 0.05) is 3.57 Å². The highest BCUT2D eigenvalue weighted by Crippen LogP contribution is 2.25. The maximum Gasteiger partial charge on any atom is 0.280 e. The number of rotatable bonds is 2. The summed E-state index contributed by atoms with van der Waals surface area (Å²) in [6, 6.07) is 1.19. The fraction of sp³-hybridized carbons (Fsp3) is 0.143. The van der Waals surface area contributed by atoms with Crippen LogP contribution in [-0.2, 0) is 0 Å². The van der Waals surface area contributed by atoms with Crippen LogP contribution in [-0.4, -0.2) is 11.3 Å². The Morgan fingerprint density at radius 1 is 1.62 bits per heavy atom. The smallest absolute Gasteiger partial charge is 0.280 e. The van der Waals surface area contributed by atoms with E-state index < -0.39 is 6.43 Å². The molecule has 1 heterocycles. The second-order valence-electron chi connectivity index (χ2n) is 2.15. The maximum absolute atomic E-state index is 12.2. The molecule has 0 fully saturated rings. The van der Waals surface area contributed by atoms with Crippen molar-refractivity contribution < 1.29 is 13.6 Å². The zero-order chi connectivity index (χ0) is 10.0. The zero-order valence-corrected chi connectivity index (χ0v) is 9.84. The molecule has 0 aliphatic carbocycles. The van der Waals surface area contributed by atoms with Crippen molar-refractivity contribution in [3.63, 3.8) is 0 Å². The van der Waals surface area contributed by atoms with Crippen LogP contribution in [0.5, 0.6) is 0 Å². The Labute approximate surface area is 95.0 Å². The van der Waals surface area contributed by atoms with Crippen LogP contribution in [0.15, 0.2) is 10.7 Å². The molecule has 0 amide bonds. The number of halogens is 4. The highest BCUT2D eigenvalue weighted by Gasteiger charge is 2.14. The SMILES string of the molecule is O=Cc1c(I)cc(C(F)F)nc1Br. The molecule has 6 heteroatoms. The van der Waals surface area contributed by atoms with Crippen molar-refractivity contribution in [1.29, 1.82) is 0 Å². The minimum atomic E-state index is -2.62. The molecule has 2 nitrogen and oxygen atoms in total. The van der Waals surface area contributed by atoms with E-state index in [1.165, 1.54) is 6.07 Å². The van der Waals surface area contributed by atoms with Crippen LogP contribution in [0.25, 0.3) is 0 Å². The van der Waals surface area contributed by atoms with Gasteiger partial charge in [-0.05, 0) is 44.6 Å². The summed E-state index contributed by atoms with van der Waals surface area (Å²) in [5.74, 6) is 0. The minimum Gasteiger partial charge on any atom is -0.298 e. The van der Waals surface area contributed by atoms with E-state index >= 15 is 0 Å². The lowest BCUT2D eigenvalue weighted by molar-refractivity contribution is 0.112. The topological polar surface area (TPSA) is 30.0 Å². The van der Waals surface area contributed by atoms with Gasteiger partial charge in [-0.3, -0.25) is 4.79 Å². The van der Waals surface area contributed by atoms with E-state index in [-0.39, 0.29) is 10.3 Å². The van der Waals surface area contributed by atoms with E-state index in [0.29, 0.717) is 15.4 Å². The van der Waals surface area contributed by atoms with Gasteiger partial charge in [-0.1, -0.05) is 0 Å². The maximum atomic E-state index is 12.2. The fourth-order valence-corrected chi connectivity index (χ4v) is 2.31. The molecular formula is C7H3BrF2INO. The van der Waals surface area contributed by atoms with E-state index in [0.717, 1.165) is 0 Å². The summed E-state index contributed by atoms with van der Waals surface area (Å²) in [6.07, 6.45) is -2.04.